The largest absolute Gasteiger partial charge is 0.504 e. The summed E-state index contributed by atoms with van der Waals surface area (Å²) in [5.41, 5.74) is 3.56. The quantitative estimate of drug-likeness (QED) is 0.459. The molecule has 0 radical (unpaired) electrons. The highest BCUT2D eigenvalue weighted by Gasteiger charge is 2.67. The van der Waals surface area contributed by atoms with Crippen molar-refractivity contribution in [1.29, 1.82) is 0 Å². The molecule has 0 aromatic heterocycles. The van der Waals surface area contributed by atoms with Crippen molar-refractivity contribution in [2.24, 2.45) is 27.6 Å². The fraction of sp³-hybridized carbons (Fsp3) is 0.600. The van der Waals surface area contributed by atoms with E-state index in [1.54, 1.807) is 19.9 Å². The molecule has 0 aromatic rings. The van der Waals surface area contributed by atoms with Gasteiger partial charge in [0.2, 0.25) is 5.78 Å². The lowest BCUT2D eigenvalue weighted by atomic mass is 9.40. The number of ketones is 1. The average molecular weight is 495 g/mol. The van der Waals surface area contributed by atoms with Gasteiger partial charge in [-0.15, -0.1) is 0 Å². The van der Waals surface area contributed by atoms with Crippen LogP contribution in [0, 0.1) is 27.6 Å². The van der Waals surface area contributed by atoms with Crippen LogP contribution in [0.15, 0.2) is 57.4 Å². The molecule has 2 saturated carbocycles. The number of fused-ring (bicyclic) bond motifs is 7. The Kier molecular flexibility index (Phi) is 5.29. The second-order valence-corrected chi connectivity index (χ2v) is 12.7. The molecule has 0 heterocycles. The zero-order valence-corrected chi connectivity index (χ0v) is 22.4. The van der Waals surface area contributed by atoms with E-state index in [-0.39, 0.29) is 28.3 Å². The van der Waals surface area contributed by atoms with E-state index in [2.05, 4.69) is 26.8 Å². The fourth-order valence-corrected chi connectivity index (χ4v) is 8.57. The molecule has 2 fully saturated rings. The summed E-state index contributed by atoms with van der Waals surface area (Å²) in [6.07, 6.45) is 6.11. The molecule has 5 aliphatic rings. The van der Waals surface area contributed by atoms with E-state index in [0.717, 1.165) is 24.0 Å². The van der Waals surface area contributed by atoms with E-state index in [9.17, 15) is 24.9 Å². The lowest BCUT2D eigenvalue weighted by Gasteiger charge is -2.65. The van der Waals surface area contributed by atoms with E-state index in [1.807, 2.05) is 13.0 Å². The number of methoxy groups -OCH3 is 1. The smallest absolute Gasteiger partial charge is 0.314 e. The molecule has 0 unspecified atom stereocenters. The minimum atomic E-state index is -1.21. The molecule has 7 atom stereocenters. The molecule has 5 aliphatic carbocycles. The maximum atomic E-state index is 12.9. The van der Waals surface area contributed by atoms with E-state index < -0.39 is 29.0 Å². The first kappa shape index (κ1) is 25.2. The van der Waals surface area contributed by atoms with Crippen molar-refractivity contribution >= 4 is 11.8 Å². The van der Waals surface area contributed by atoms with Gasteiger partial charge in [0.1, 0.15) is 0 Å². The molecule has 5 rings (SSSR count). The topological polar surface area (TPSA) is 104 Å². The highest BCUT2D eigenvalue weighted by Crippen LogP contribution is 2.70. The summed E-state index contributed by atoms with van der Waals surface area (Å²) in [5.74, 6) is -1.09. The molecular formula is C30H38O6. The number of hydrogen-bond acceptors (Lipinski definition) is 6. The summed E-state index contributed by atoms with van der Waals surface area (Å²) in [6.45, 7) is 12.1. The first-order chi connectivity index (χ1) is 16.7. The first-order valence-electron chi connectivity index (χ1n) is 12.9. The summed E-state index contributed by atoms with van der Waals surface area (Å²) >= 11 is 0. The fourth-order valence-electron chi connectivity index (χ4n) is 8.57. The summed E-state index contributed by atoms with van der Waals surface area (Å²) in [6, 6.07) is 0. The number of carbonyl (C=O) groups excluding carboxylic acids is 2. The molecule has 36 heavy (non-hydrogen) atoms. The first-order valence-corrected chi connectivity index (χ1v) is 12.9. The van der Waals surface area contributed by atoms with Crippen LogP contribution in [0.5, 0.6) is 0 Å². The van der Waals surface area contributed by atoms with Crippen molar-refractivity contribution in [2.75, 3.05) is 7.11 Å². The Balaban J connectivity index is 1.69. The van der Waals surface area contributed by atoms with Crippen LogP contribution < -0.4 is 0 Å². The molecule has 0 bridgehead atoms. The van der Waals surface area contributed by atoms with Crippen LogP contribution in [0.1, 0.15) is 67.2 Å². The predicted octanol–water partition coefficient (Wildman–Crippen LogP) is 4.65. The molecule has 0 spiro atoms. The van der Waals surface area contributed by atoms with Crippen LogP contribution >= 0.6 is 0 Å². The summed E-state index contributed by atoms with van der Waals surface area (Å²) in [7, 11) is 1.33. The number of hydrogen-bond donors (Lipinski definition) is 3. The van der Waals surface area contributed by atoms with Crippen LogP contribution in [-0.2, 0) is 14.3 Å². The molecule has 6 heteroatoms. The van der Waals surface area contributed by atoms with Crippen LogP contribution in [-0.4, -0.2) is 46.4 Å². The number of rotatable bonds is 1. The third-order valence-corrected chi connectivity index (χ3v) is 10.7. The van der Waals surface area contributed by atoms with E-state index >= 15 is 0 Å². The van der Waals surface area contributed by atoms with Gasteiger partial charge >= 0.3 is 5.97 Å². The van der Waals surface area contributed by atoms with Gasteiger partial charge in [-0.2, -0.15) is 0 Å². The third-order valence-electron chi connectivity index (χ3n) is 10.7. The number of ether oxygens (including phenoxy) is 1. The van der Waals surface area contributed by atoms with Gasteiger partial charge in [-0.1, -0.05) is 38.5 Å². The van der Waals surface area contributed by atoms with Crippen molar-refractivity contribution < 1.29 is 29.6 Å². The molecule has 194 valence electrons. The second kappa shape index (κ2) is 7.55. The van der Waals surface area contributed by atoms with E-state index in [1.165, 1.54) is 23.8 Å². The van der Waals surface area contributed by atoms with Crippen LogP contribution in [0.2, 0.25) is 0 Å². The number of aliphatic hydroxyl groups excluding tert-OH is 3. The SMILES string of the molecule is COC(=O)[C@@]1(C)C[C@@H]2[C@@](C)(CC(C)=C3C4=CC=C5C(=CC(=O)C(O)=C5C)[C@]4(C)CC[C@]32C)[C@H](O)[C@@H]1O. The van der Waals surface area contributed by atoms with Crippen molar-refractivity contribution in [3.63, 3.8) is 0 Å². The monoisotopic (exact) mass is 494 g/mol. The highest BCUT2D eigenvalue weighted by atomic mass is 16.5. The molecule has 6 nitrogen and oxygen atoms in total. The molecule has 0 amide bonds. The lowest BCUT2D eigenvalue weighted by Crippen LogP contribution is -2.65. The third kappa shape index (κ3) is 2.86. The maximum absolute atomic E-state index is 12.9. The van der Waals surface area contributed by atoms with Crippen LogP contribution in [0.3, 0.4) is 0 Å². The van der Waals surface area contributed by atoms with Gasteiger partial charge in [-0.25, -0.2) is 0 Å². The minimum absolute atomic E-state index is 0.0605. The second-order valence-electron chi connectivity index (χ2n) is 12.7. The van der Waals surface area contributed by atoms with Crippen molar-refractivity contribution in [3.05, 3.63) is 57.4 Å². The number of aliphatic hydroxyl groups is 3. The molecule has 0 saturated heterocycles. The van der Waals surface area contributed by atoms with E-state index in [4.69, 9.17) is 4.74 Å². The summed E-state index contributed by atoms with van der Waals surface area (Å²) in [4.78, 5) is 25.5. The van der Waals surface area contributed by atoms with Crippen molar-refractivity contribution in [1.82, 2.24) is 0 Å². The van der Waals surface area contributed by atoms with Gasteiger partial charge < -0.3 is 20.1 Å². The number of carbonyl (C=O) groups is 2. The van der Waals surface area contributed by atoms with Gasteiger partial charge in [0, 0.05) is 16.4 Å². The Bertz CT molecular complexity index is 1250. The molecule has 3 N–H and O–H groups in total. The zero-order valence-electron chi connectivity index (χ0n) is 22.4. The lowest BCUT2D eigenvalue weighted by molar-refractivity contribution is -0.213. The Hall–Kier alpha value is -2.44. The van der Waals surface area contributed by atoms with Gasteiger partial charge in [0.25, 0.3) is 0 Å². The highest BCUT2D eigenvalue weighted by molar-refractivity contribution is 6.06. The number of esters is 1. The number of allylic oxidation sites excluding steroid dienone is 9. The summed E-state index contributed by atoms with van der Waals surface area (Å²) in [5, 5.41) is 32.9. The normalized spacial score (nSPS) is 44.0. The van der Waals surface area contributed by atoms with Gasteiger partial charge in [0.05, 0.1) is 24.7 Å². The summed E-state index contributed by atoms with van der Waals surface area (Å²) < 4.78 is 5.10. The van der Waals surface area contributed by atoms with Crippen LogP contribution in [0.4, 0.5) is 0 Å². The Morgan fingerprint density at radius 1 is 1.03 bits per heavy atom. The standard InChI is InChI=1S/C30H38O6/c1-15-13-29(5)21(14-30(6,26(35)36-7)25(34)24(29)33)28(4)11-10-27(3)18(22(15)28)9-8-17-16(2)23(32)20(31)12-19(17)27/h8-9,12,21,24-25,32-34H,10-11,13-14H2,1-7H3/t21-,24+,25-,27+,28-,29+,30-/m0/s1. The van der Waals surface area contributed by atoms with Crippen LogP contribution in [0.25, 0.3) is 0 Å². The Morgan fingerprint density at radius 3 is 2.33 bits per heavy atom. The Labute approximate surface area is 213 Å². The van der Waals surface area contributed by atoms with Crippen molar-refractivity contribution in [3.8, 4) is 0 Å². The average Bonchev–Trinajstić information content (AvgIpc) is 2.83. The molecule has 0 aromatic carbocycles. The Morgan fingerprint density at radius 2 is 1.69 bits per heavy atom. The van der Waals surface area contributed by atoms with Gasteiger partial charge in [0.15, 0.2) is 5.76 Å². The minimum Gasteiger partial charge on any atom is -0.504 e. The van der Waals surface area contributed by atoms with E-state index in [0.29, 0.717) is 18.4 Å². The maximum Gasteiger partial charge on any atom is 0.314 e. The van der Waals surface area contributed by atoms with Gasteiger partial charge in [-0.3, -0.25) is 9.59 Å². The van der Waals surface area contributed by atoms with Crippen molar-refractivity contribution in [2.45, 2.75) is 79.4 Å². The molecular weight excluding hydrogens is 456 g/mol. The van der Waals surface area contributed by atoms with Gasteiger partial charge in [-0.05, 0) is 86.2 Å². The molecule has 0 aliphatic heterocycles. The predicted molar refractivity (Wildman–Crippen MR) is 136 cm³/mol. The zero-order chi connectivity index (χ0) is 26.6.